The van der Waals surface area contributed by atoms with Crippen LogP contribution in [0.15, 0.2) is 54.7 Å². The molecule has 1 aromatic heterocycles. The molecule has 3 aromatic rings. The first kappa shape index (κ1) is 15.3. The predicted octanol–water partition coefficient (Wildman–Crippen LogP) is 3.73. The van der Waals surface area contributed by atoms with Crippen molar-refractivity contribution in [2.75, 3.05) is 17.2 Å². The smallest absolute Gasteiger partial charge is 0.195 e. The summed E-state index contributed by atoms with van der Waals surface area (Å²) in [6.07, 6.45) is 2.68. The zero-order valence-corrected chi connectivity index (χ0v) is 13.9. The Labute approximate surface area is 146 Å². The molecule has 2 aromatic carbocycles. The third-order valence-electron chi connectivity index (χ3n) is 4.29. The maximum absolute atomic E-state index is 12.8. The Morgan fingerprint density at radius 1 is 1.12 bits per heavy atom. The second-order valence-corrected chi connectivity index (χ2v) is 6.04. The summed E-state index contributed by atoms with van der Waals surface area (Å²) in [5.41, 5.74) is 4.48. The van der Waals surface area contributed by atoms with E-state index in [0.717, 1.165) is 35.7 Å². The number of rotatable bonds is 4. The van der Waals surface area contributed by atoms with E-state index in [-0.39, 0.29) is 5.78 Å². The van der Waals surface area contributed by atoms with E-state index in [1.165, 1.54) is 5.56 Å². The van der Waals surface area contributed by atoms with Crippen molar-refractivity contribution in [3.8, 4) is 0 Å². The zero-order chi connectivity index (χ0) is 17.2. The minimum absolute atomic E-state index is 0.0377. The van der Waals surface area contributed by atoms with Gasteiger partial charge in [-0.1, -0.05) is 12.1 Å². The largest absolute Gasteiger partial charge is 0.384 e. The molecule has 0 amide bonds. The highest BCUT2D eigenvalue weighted by atomic mass is 16.1. The molecule has 0 aliphatic carbocycles. The van der Waals surface area contributed by atoms with E-state index in [1.54, 1.807) is 6.20 Å². The van der Waals surface area contributed by atoms with Crippen LogP contribution in [0.2, 0.25) is 0 Å². The van der Waals surface area contributed by atoms with Crippen molar-refractivity contribution >= 4 is 23.0 Å². The molecule has 0 unspecified atom stereocenters. The van der Waals surface area contributed by atoms with Gasteiger partial charge in [0.25, 0.3) is 0 Å². The first-order valence-electron chi connectivity index (χ1n) is 8.28. The number of para-hydroxylation sites is 1. The Bertz CT molecular complexity index is 935. The number of ketones is 1. The summed E-state index contributed by atoms with van der Waals surface area (Å²) < 4.78 is 0. The maximum atomic E-state index is 12.8. The monoisotopic (exact) mass is 330 g/mol. The fourth-order valence-corrected chi connectivity index (χ4v) is 3.06. The number of fused-ring (bicyclic) bond motifs is 1. The van der Waals surface area contributed by atoms with E-state index in [1.807, 2.05) is 49.4 Å². The first-order valence-corrected chi connectivity index (χ1v) is 8.28. The molecule has 0 radical (unpaired) electrons. The quantitative estimate of drug-likeness (QED) is 0.714. The van der Waals surface area contributed by atoms with E-state index in [9.17, 15) is 4.79 Å². The summed E-state index contributed by atoms with van der Waals surface area (Å²) in [5.74, 6) is 1.48. The lowest BCUT2D eigenvalue weighted by Gasteiger charge is -2.09. The van der Waals surface area contributed by atoms with Crippen molar-refractivity contribution < 1.29 is 4.79 Å². The van der Waals surface area contributed by atoms with Crippen molar-refractivity contribution in [2.24, 2.45) is 0 Å². The van der Waals surface area contributed by atoms with Crippen LogP contribution in [0.1, 0.15) is 27.3 Å². The molecule has 0 saturated heterocycles. The molecule has 1 aliphatic heterocycles. The van der Waals surface area contributed by atoms with Crippen molar-refractivity contribution in [1.82, 2.24) is 9.97 Å². The van der Waals surface area contributed by atoms with Crippen LogP contribution in [-0.2, 0) is 6.42 Å². The minimum atomic E-state index is 0.0377. The number of carbonyl (C=O) groups is 1. The molecule has 0 saturated carbocycles. The molecule has 4 rings (SSSR count). The number of aryl methyl sites for hydroxylation is 1. The predicted molar refractivity (Wildman–Crippen MR) is 98.6 cm³/mol. The summed E-state index contributed by atoms with van der Waals surface area (Å²) in [6.45, 7) is 2.74. The maximum Gasteiger partial charge on any atom is 0.195 e. The highest BCUT2D eigenvalue weighted by Crippen LogP contribution is 2.28. The molecule has 2 N–H and O–H groups in total. The van der Waals surface area contributed by atoms with E-state index in [4.69, 9.17) is 0 Å². The van der Waals surface area contributed by atoms with Crippen molar-refractivity contribution in [2.45, 2.75) is 13.3 Å². The second kappa shape index (κ2) is 6.36. The third kappa shape index (κ3) is 3.08. The molecule has 0 spiro atoms. The lowest BCUT2D eigenvalue weighted by atomic mass is 9.99. The van der Waals surface area contributed by atoms with Crippen molar-refractivity contribution in [3.63, 3.8) is 0 Å². The molecular weight excluding hydrogens is 312 g/mol. The van der Waals surface area contributed by atoms with Crippen LogP contribution >= 0.6 is 0 Å². The van der Waals surface area contributed by atoms with Crippen molar-refractivity contribution in [1.29, 1.82) is 0 Å². The molecule has 25 heavy (non-hydrogen) atoms. The summed E-state index contributed by atoms with van der Waals surface area (Å²) in [4.78, 5) is 21.2. The topological polar surface area (TPSA) is 66.9 Å². The minimum Gasteiger partial charge on any atom is -0.384 e. The number of hydrogen-bond acceptors (Lipinski definition) is 5. The fraction of sp³-hybridized carbons (Fsp3) is 0.150. The molecular formula is C20H18N4O. The number of hydrogen-bond donors (Lipinski definition) is 2. The SMILES string of the molecule is Cc1nccc(Nc2ccc(C(=O)c3cccc4c3NCC4)cc2)n1. The summed E-state index contributed by atoms with van der Waals surface area (Å²) in [7, 11) is 0. The van der Waals surface area contributed by atoms with Gasteiger partial charge in [-0.3, -0.25) is 4.79 Å². The van der Waals surface area contributed by atoms with Crippen LogP contribution < -0.4 is 10.6 Å². The molecule has 124 valence electrons. The second-order valence-electron chi connectivity index (χ2n) is 6.04. The lowest BCUT2D eigenvalue weighted by molar-refractivity contribution is 0.103. The fourth-order valence-electron chi connectivity index (χ4n) is 3.06. The number of benzene rings is 2. The number of nitrogens with zero attached hydrogens (tertiary/aromatic N) is 2. The Morgan fingerprint density at radius 3 is 2.76 bits per heavy atom. The van der Waals surface area contributed by atoms with E-state index >= 15 is 0 Å². The number of carbonyl (C=O) groups excluding carboxylic acids is 1. The zero-order valence-electron chi connectivity index (χ0n) is 13.9. The standard InChI is InChI=1S/C20H18N4O/c1-13-21-12-10-18(23-13)24-16-7-5-15(6-8-16)20(25)17-4-2-3-14-9-11-22-19(14)17/h2-8,10,12,22H,9,11H2,1H3,(H,21,23,24). The average Bonchev–Trinajstić information content (AvgIpc) is 3.10. The average molecular weight is 330 g/mol. The van der Waals surface area contributed by atoms with Crippen LogP contribution in [-0.4, -0.2) is 22.3 Å². The molecule has 0 atom stereocenters. The molecule has 2 heterocycles. The molecule has 0 bridgehead atoms. The van der Waals surface area contributed by atoms with Crippen LogP contribution in [0.5, 0.6) is 0 Å². The third-order valence-corrected chi connectivity index (χ3v) is 4.29. The Morgan fingerprint density at radius 2 is 1.96 bits per heavy atom. The number of nitrogens with one attached hydrogen (secondary N) is 2. The number of anilines is 3. The molecule has 5 nitrogen and oxygen atoms in total. The molecule has 1 aliphatic rings. The van der Waals surface area contributed by atoms with E-state index in [2.05, 4.69) is 26.7 Å². The highest BCUT2D eigenvalue weighted by Gasteiger charge is 2.19. The first-order chi connectivity index (χ1) is 12.2. The summed E-state index contributed by atoms with van der Waals surface area (Å²) in [5, 5.41) is 6.54. The van der Waals surface area contributed by atoms with Gasteiger partial charge in [0.15, 0.2) is 5.78 Å². The van der Waals surface area contributed by atoms with Gasteiger partial charge in [0.05, 0.1) is 0 Å². The van der Waals surface area contributed by atoms with E-state index in [0.29, 0.717) is 11.4 Å². The lowest BCUT2D eigenvalue weighted by Crippen LogP contribution is -2.05. The van der Waals surface area contributed by atoms with Crippen LogP contribution in [0.25, 0.3) is 0 Å². The van der Waals surface area contributed by atoms with Crippen LogP contribution in [0.4, 0.5) is 17.2 Å². The van der Waals surface area contributed by atoms with Gasteiger partial charge in [-0.05, 0) is 55.3 Å². The summed E-state index contributed by atoms with van der Waals surface area (Å²) >= 11 is 0. The Kier molecular flexibility index (Phi) is 3.90. The summed E-state index contributed by atoms with van der Waals surface area (Å²) in [6, 6.07) is 15.2. The highest BCUT2D eigenvalue weighted by molar-refractivity contribution is 6.13. The van der Waals surface area contributed by atoms with Crippen LogP contribution in [0, 0.1) is 6.92 Å². The van der Waals surface area contributed by atoms with Gasteiger partial charge < -0.3 is 10.6 Å². The van der Waals surface area contributed by atoms with Gasteiger partial charge in [-0.2, -0.15) is 0 Å². The van der Waals surface area contributed by atoms with Crippen molar-refractivity contribution in [3.05, 3.63) is 77.2 Å². The van der Waals surface area contributed by atoms with Crippen LogP contribution in [0.3, 0.4) is 0 Å². The Hall–Kier alpha value is -3.21. The normalized spacial score (nSPS) is 12.4. The van der Waals surface area contributed by atoms with Gasteiger partial charge >= 0.3 is 0 Å². The molecule has 5 heteroatoms. The van der Waals surface area contributed by atoms with Gasteiger partial charge in [-0.15, -0.1) is 0 Å². The van der Waals surface area contributed by atoms with Gasteiger partial charge in [0.1, 0.15) is 11.6 Å². The van der Waals surface area contributed by atoms with Gasteiger partial charge in [0.2, 0.25) is 0 Å². The van der Waals surface area contributed by atoms with E-state index < -0.39 is 0 Å². The van der Waals surface area contributed by atoms with Gasteiger partial charge in [0, 0.05) is 35.2 Å². The molecule has 0 fully saturated rings. The van der Waals surface area contributed by atoms with Gasteiger partial charge in [-0.25, -0.2) is 9.97 Å². The number of aromatic nitrogens is 2. The Balaban J connectivity index is 1.56.